The summed E-state index contributed by atoms with van der Waals surface area (Å²) in [5, 5.41) is 19.6. The van der Waals surface area contributed by atoms with E-state index in [1.807, 2.05) is 37.5 Å². The van der Waals surface area contributed by atoms with Gasteiger partial charge in [0.2, 0.25) is 5.88 Å². The highest BCUT2D eigenvalue weighted by Crippen LogP contribution is 2.28. The number of aromatic nitrogens is 4. The molecule has 3 heterocycles. The zero-order valence-corrected chi connectivity index (χ0v) is 15.7. The van der Waals surface area contributed by atoms with E-state index >= 15 is 0 Å². The van der Waals surface area contributed by atoms with Crippen molar-refractivity contribution in [2.24, 2.45) is 7.05 Å². The van der Waals surface area contributed by atoms with Crippen LogP contribution in [0.15, 0.2) is 67.1 Å². The largest absolute Gasteiger partial charge is 0.494 e. The van der Waals surface area contributed by atoms with E-state index in [0.717, 1.165) is 16.6 Å². The summed E-state index contributed by atoms with van der Waals surface area (Å²) in [6, 6.07) is 14.4. The highest BCUT2D eigenvalue weighted by atomic mass is 19.1. The minimum absolute atomic E-state index is 0.0828. The third-order valence-corrected chi connectivity index (χ3v) is 4.93. The summed E-state index contributed by atoms with van der Waals surface area (Å²) in [5.74, 6) is -0.262. The number of nitrogens with zero attached hydrogens (tertiary/aromatic N) is 4. The van der Waals surface area contributed by atoms with Crippen LogP contribution in [0.3, 0.4) is 0 Å². The van der Waals surface area contributed by atoms with Crippen LogP contribution in [-0.4, -0.2) is 24.4 Å². The van der Waals surface area contributed by atoms with Gasteiger partial charge in [0.25, 0.3) is 0 Å². The molecule has 0 aliphatic heterocycles. The number of hydrogen-bond acceptors (Lipinski definition) is 4. The molecule has 0 atom stereocenters. The first kappa shape index (κ1) is 17.2. The van der Waals surface area contributed by atoms with E-state index in [9.17, 15) is 9.50 Å². The Kier molecular flexibility index (Phi) is 3.94. The number of halogens is 1. The van der Waals surface area contributed by atoms with Crippen LogP contribution >= 0.6 is 0 Å². The van der Waals surface area contributed by atoms with Crippen LogP contribution in [-0.2, 0) is 13.6 Å². The van der Waals surface area contributed by atoms with Gasteiger partial charge in [-0.15, -0.1) is 0 Å². The molecule has 2 N–H and O–H groups in total. The Hall–Kier alpha value is -3.87. The van der Waals surface area contributed by atoms with Gasteiger partial charge in [0.05, 0.1) is 23.0 Å². The number of nitrogens with one attached hydrogen (secondary N) is 1. The van der Waals surface area contributed by atoms with Gasteiger partial charge < -0.3 is 15.0 Å². The summed E-state index contributed by atoms with van der Waals surface area (Å²) in [6.07, 6.45) is 5.32. The highest BCUT2D eigenvalue weighted by molar-refractivity contribution is 5.84. The van der Waals surface area contributed by atoms with Gasteiger partial charge >= 0.3 is 0 Å². The molecule has 5 aromatic rings. The molecule has 0 radical (unpaired) electrons. The topological polar surface area (TPSA) is 67.9 Å². The molecule has 5 rings (SSSR count). The number of benzene rings is 2. The summed E-state index contributed by atoms with van der Waals surface area (Å²) in [7, 11) is 1.88. The first-order valence-corrected chi connectivity index (χ1v) is 9.18. The fraction of sp³-hybridized carbons (Fsp3) is 0.0909. The monoisotopic (exact) mass is 387 g/mol. The lowest BCUT2D eigenvalue weighted by molar-refractivity contribution is 0.428. The zero-order chi connectivity index (χ0) is 20.0. The molecule has 0 bridgehead atoms. The second-order valence-corrected chi connectivity index (χ2v) is 7.02. The molecule has 144 valence electrons. The van der Waals surface area contributed by atoms with Crippen molar-refractivity contribution in [2.45, 2.75) is 6.54 Å². The fourth-order valence-corrected chi connectivity index (χ4v) is 3.52. The number of aryl methyl sites for hydroxylation is 1. The number of aromatic hydroxyl groups is 1. The first-order chi connectivity index (χ1) is 14.1. The Morgan fingerprint density at radius 1 is 1.03 bits per heavy atom. The standard InChI is InChI=1S/C22H18FN5O/c1-27-11-15-9-16(6-7-20(15)26-27)25-17-5-4-14(19(23)10-17)12-28-13-21-18(22(28)29)3-2-8-24-21/h2-11,13,25,29H,12H2,1H3. The average molecular weight is 387 g/mol. The Balaban J connectivity index is 1.39. The van der Waals surface area contributed by atoms with Gasteiger partial charge in [-0.25, -0.2) is 4.39 Å². The fourth-order valence-electron chi connectivity index (χ4n) is 3.52. The summed E-state index contributed by atoms with van der Waals surface area (Å²) in [5.41, 5.74) is 3.58. The van der Waals surface area contributed by atoms with Crippen molar-refractivity contribution < 1.29 is 9.50 Å². The lowest BCUT2D eigenvalue weighted by Crippen LogP contribution is -2.01. The molecule has 2 aromatic carbocycles. The Morgan fingerprint density at radius 2 is 1.86 bits per heavy atom. The third-order valence-electron chi connectivity index (χ3n) is 4.93. The van der Waals surface area contributed by atoms with Crippen LogP contribution in [0, 0.1) is 5.82 Å². The normalized spacial score (nSPS) is 11.4. The number of fused-ring (bicyclic) bond motifs is 2. The number of anilines is 2. The molecule has 0 fully saturated rings. The van der Waals surface area contributed by atoms with E-state index < -0.39 is 0 Å². The van der Waals surface area contributed by atoms with Crippen molar-refractivity contribution in [1.82, 2.24) is 19.3 Å². The molecule has 3 aromatic heterocycles. The SMILES string of the molecule is Cn1cc2cc(Nc3ccc(Cn4cc5ncccc5c4O)c(F)c3)ccc2n1. The summed E-state index contributed by atoms with van der Waals surface area (Å²) in [6.45, 7) is 0.218. The Bertz CT molecular complexity index is 1350. The molecule has 0 aliphatic carbocycles. The molecule has 0 aliphatic rings. The maximum absolute atomic E-state index is 14.7. The smallest absolute Gasteiger partial charge is 0.201 e. The minimum Gasteiger partial charge on any atom is -0.494 e. The molecule has 0 spiro atoms. The molecular weight excluding hydrogens is 369 g/mol. The van der Waals surface area contributed by atoms with Gasteiger partial charge in [-0.2, -0.15) is 5.10 Å². The van der Waals surface area contributed by atoms with Crippen molar-refractivity contribution in [2.75, 3.05) is 5.32 Å². The van der Waals surface area contributed by atoms with Crippen LogP contribution in [0.1, 0.15) is 5.56 Å². The van der Waals surface area contributed by atoms with E-state index in [2.05, 4.69) is 15.4 Å². The second-order valence-electron chi connectivity index (χ2n) is 7.02. The van der Waals surface area contributed by atoms with Crippen LogP contribution in [0.25, 0.3) is 21.8 Å². The van der Waals surface area contributed by atoms with E-state index in [1.54, 1.807) is 39.8 Å². The summed E-state index contributed by atoms with van der Waals surface area (Å²) < 4.78 is 18.1. The van der Waals surface area contributed by atoms with Crippen LogP contribution in [0.4, 0.5) is 15.8 Å². The van der Waals surface area contributed by atoms with Gasteiger partial charge in [-0.3, -0.25) is 9.67 Å². The van der Waals surface area contributed by atoms with E-state index in [4.69, 9.17) is 0 Å². The van der Waals surface area contributed by atoms with Crippen molar-refractivity contribution in [3.63, 3.8) is 0 Å². The molecule has 7 heteroatoms. The number of hydrogen-bond donors (Lipinski definition) is 2. The lowest BCUT2D eigenvalue weighted by Gasteiger charge is -2.10. The van der Waals surface area contributed by atoms with E-state index in [1.165, 1.54) is 6.07 Å². The number of rotatable bonds is 4. The number of pyridine rings is 1. The van der Waals surface area contributed by atoms with Gasteiger partial charge in [0, 0.05) is 48.0 Å². The quantitative estimate of drug-likeness (QED) is 0.474. The van der Waals surface area contributed by atoms with Crippen LogP contribution in [0.5, 0.6) is 5.88 Å². The third kappa shape index (κ3) is 3.16. The zero-order valence-electron chi connectivity index (χ0n) is 15.7. The molecule has 29 heavy (non-hydrogen) atoms. The van der Waals surface area contributed by atoms with Crippen molar-refractivity contribution in [3.8, 4) is 5.88 Å². The predicted molar refractivity (Wildman–Crippen MR) is 111 cm³/mol. The van der Waals surface area contributed by atoms with E-state index in [-0.39, 0.29) is 18.2 Å². The molecule has 0 saturated carbocycles. The molecular formula is C22H18FN5O. The maximum Gasteiger partial charge on any atom is 0.201 e. The molecule has 6 nitrogen and oxygen atoms in total. The van der Waals surface area contributed by atoms with Gasteiger partial charge in [-0.1, -0.05) is 6.07 Å². The lowest BCUT2D eigenvalue weighted by atomic mass is 10.1. The second kappa shape index (κ2) is 6.63. The average Bonchev–Trinajstić information content (AvgIpc) is 3.23. The summed E-state index contributed by atoms with van der Waals surface area (Å²) in [4.78, 5) is 4.22. The highest BCUT2D eigenvalue weighted by Gasteiger charge is 2.11. The molecule has 0 saturated heterocycles. The van der Waals surface area contributed by atoms with E-state index in [0.29, 0.717) is 22.2 Å². The Morgan fingerprint density at radius 3 is 2.69 bits per heavy atom. The van der Waals surface area contributed by atoms with Gasteiger partial charge in [-0.05, 0) is 42.5 Å². The van der Waals surface area contributed by atoms with Crippen molar-refractivity contribution in [1.29, 1.82) is 0 Å². The molecule has 0 unspecified atom stereocenters. The molecule has 0 amide bonds. The predicted octanol–water partition coefficient (Wildman–Crippen LogP) is 4.56. The van der Waals surface area contributed by atoms with Crippen LogP contribution in [0.2, 0.25) is 0 Å². The maximum atomic E-state index is 14.7. The summed E-state index contributed by atoms with van der Waals surface area (Å²) >= 11 is 0. The van der Waals surface area contributed by atoms with Crippen molar-refractivity contribution in [3.05, 3.63) is 78.5 Å². The first-order valence-electron chi connectivity index (χ1n) is 9.18. The Labute approximate surface area is 165 Å². The van der Waals surface area contributed by atoms with Crippen LogP contribution < -0.4 is 5.32 Å². The van der Waals surface area contributed by atoms with Gasteiger partial charge in [0.1, 0.15) is 5.82 Å². The van der Waals surface area contributed by atoms with Gasteiger partial charge in [0.15, 0.2) is 0 Å². The van der Waals surface area contributed by atoms with Crippen molar-refractivity contribution >= 4 is 33.2 Å². The minimum atomic E-state index is -0.345.